The van der Waals surface area contributed by atoms with E-state index in [4.69, 9.17) is 9.84 Å². The lowest BCUT2D eigenvalue weighted by Crippen LogP contribution is -2.52. The predicted molar refractivity (Wildman–Crippen MR) is 68.4 cm³/mol. The lowest BCUT2D eigenvalue weighted by atomic mass is 9.96. The number of carbonyl (C=O) groups is 2. The quantitative estimate of drug-likeness (QED) is 0.792. The van der Waals surface area contributed by atoms with Crippen molar-refractivity contribution < 1.29 is 19.4 Å². The van der Waals surface area contributed by atoms with Crippen molar-refractivity contribution in [1.29, 1.82) is 0 Å². The maximum Gasteiger partial charge on any atom is 0.328 e. The summed E-state index contributed by atoms with van der Waals surface area (Å²) in [6.45, 7) is 6.34. The highest BCUT2D eigenvalue weighted by atomic mass is 16.5. The molecule has 2 heterocycles. The summed E-state index contributed by atoms with van der Waals surface area (Å²) in [6, 6.07) is -0.993. The summed E-state index contributed by atoms with van der Waals surface area (Å²) in [5.74, 6) is -1.01. The van der Waals surface area contributed by atoms with Gasteiger partial charge in [-0.05, 0) is 0 Å². The zero-order valence-corrected chi connectivity index (χ0v) is 11.7. The number of morpholine rings is 1. The molecule has 1 unspecified atom stereocenters. The van der Waals surface area contributed by atoms with Gasteiger partial charge in [0.2, 0.25) is 5.82 Å². The van der Waals surface area contributed by atoms with Crippen molar-refractivity contribution in [2.75, 3.05) is 19.8 Å². The number of carboxylic acid groups (broad SMARTS) is 1. The number of aromatic nitrogens is 3. The molecule has 1 saturated heterocycles. The summed E-state index contributed by atoms with van der Waals surface area (Å²) in [5, 5.41) is 15.7. The van der Waals surface area contributed by atoms with Gasteiger partial charge in [-0.15, -0.1) is 5.10 Å². The highest BCUT2D eigenvalue weighted by molar-refractivity contribution is 5.93. The van der Waals surface area contributed by atoms with Crippen LogP contribution >= 0.6 is 0 Å². The number of rotatable bonds is 2. The van der Waals surface area contributed by atoms with Gasteiger partial charge in [-0.3, -0.25) is 9.89 Å². The van der Waals surface area contributed by atoms with Crippen LogP contribution in [0, 0.1) is 0 Å². The van der Waals surface area contributed by atoms with Gasteiger partial charge in [-0.1, -0.05) is 20.8 Å². The fourth-order valence-corrected chi connectivity index (χ4v) is 1.87. The second-order valence-electron chi connectivity index (χ2n) is 5.69. The highest BCUT2D eigenvalue weighted by Gasteiger charge is 2.35. The average molecular weight is 282 g/mol. The molecule has 0 bridgehead atoms. The van der Waals surface area contributed by atoms with Crippen molar-refractivity contribution in [3.8, 4) is 0 Å². The Morgan fingerprint density at radius 1 is 1.45 bits per heavy atom. The second-order valence-corrected chi connectivity index (χ2v) is 5.69. The molecule has 0 saturated carbocycles. The van der Waals surface area contributed by atoms with Crippen LogP contribution in [0.2, 0.25) is 0 Å². The summed E-state index contributed by atoms with van der Waals surface area (Å²) in [6.07, 6.45) is 0. The third-order valence-electron chi connectivity index (χ3n) is 3.06. The molecule has 1 aliphatic rings. The summed E-state index contributed by atoms with van der Waals surface area (Å²) in [4.78, 5) is 28.9. The van der Waals surface area contributed by atoms with Crippen LogP contribution < -0.4 is 0 Å². The zero-order valence-electron chi connectivity index (χ0n) is 11.7. The van der Waals surface area contributed by atoms with Crippen molar-refractivity contribution in [3.05, 3.63) is 11.6 Å². The topological polar surface area (TPSA) is 108 Å². The first-order chi connectivity index (χ1) is 9.30. The maximum atomic E-state index is 12.3. The number of aliphatic carboxylic acids is 1. The van der Waals surface area contributed by atoms with Crippen LogP contribution in [0.5, 0.6) is 0 Å². The van der Waals surface area contributed by atoms with Gasteiger partial charge in [0.05, 0.1) is 13.2 Å². The number of nitrogens with zero attached hydrogens (tertiary/aromatic N) is 3. The molecule has 110 valence electrons. The minimum Gasteiger partial charge on any atom is -0.480 e. The van der Waals surface area contributed by atoms with Gasteiger partial charge < -0.3 is 14.7 Å². The van der Waals surface area contributed by atoms with E-state index in [1.807, 2.05) is 20.8 Å². The lowest BCUT2D eigenvalue weighted by molar-refractivity contribution is -0.147. The van der Waals surface area contributed by atoms with E-state index in [1.165, 1.54) is 4.90 Å². The minimum absolute atomic E-state index is 0.0110. The number of H-pyrrole nitrogens is 1. The Labute approximate surface area is 116 Å². The van der Waals surface area contributed by atoms with Gasteiger partial charge in [0.15, 0.2) is 6.04 Å². The molecule has 1 aromatic rings. The first kappa shape index (κ1) is 14.4. The predicted octanol–water partition coefficient (Wildman–Crippen LogP) is 0.0278. The molecule has 2 N–H and O–H groups in total. The molecule has 8 heteroatoms. The molecule has 0 spiro atoms. The van der Waals surface area contributed by atoms with Gasteiger partial charge in [-0.25, -0.2) is 9.78 Å². The Morgan fingerprint density at radius 2 is 2.15 bits per heavy atom. The van der Waals surface area contributed by atoms with E-state index in [9.17, 15) is 9.59 Å². The van der Waals surface area contributed by atoms with Gasteiger partial charge >= 0.3 is 5.97 Å². The molecular formula is C12H18N4O4. The van der Waals surface area contributed by atoms with Gasteiger partial charge in [-0.2, -0.15) is 0 Å². The molecule has 1 aromatic heterocycles. The van der Waals surface area contributed by atoms with Crippen molar-refractivity contribution in [2.45, 2.75) is 32.2 Å². The Hall–Kier alpha value is -1.96. The van der Waals surface area contributed by atoms with Gasteiger partial charge in [0, 0.05) is 12.0 Å². The van der Waals surface area contributed by atoms with E-state index in [0.717, 1.165) is 0 Å². The van der Waals surface area contributed by atoms with Gasteiger partial charge in [0.1, 0.15) is 5.82 Å². The molecule has 8 nitrogen and oxygen atoms in total. The molecule has 1 atom stereocenters. The van der Waals surface area contributed by atoms with E-state index in [1.54, 1.807) is 0 Å². The van der Waals surface area contributed by atoms with Crippen LogP contribution in [0.25, 0.3) is 0 Å². The van der Waals surface area contributed by atoms with E-state index in [-0.39, 0.29) is 24.4 Å². The van der Waals surface area contributed by atoms with Crippen LogP contribution in [0.1, 0.15) is 37.2 Å². The number of carbonyl (C=O) groups excluding carboxylic acids is 1. The first-order valence-electron chi connectivity index (χ1n) is 6.35. The van der Waals surface area contributed by atoms with Crippen LogP contribution in [-0.4, -0.2) is 62.9 Å². The summed E-state index contributed by atoms with van der Waals surface area (Å²) >= 11 is 0. The van der Waals surface area contributed by atoms with Crippen LogP contribution in [0.4, 0.5) is 0 Å². The van der Waals surface area contributed by atoms with E-state index in [2.05, 4.69) is 15.2 Å². The number of hydrogen-bond donors (Lipinski definition) is 2. The Morgan fingerprint density at radius 3 is 2.70 bits per heavy atom. The maximum absolute atomic E-state index is 12.3. The summed E-state index contributed by atoms with van der Waals surface area (Å²) < 4.78 is 5.10. The van der Waals surface area contributed by atoms with E-state index >= 15 is 0 Å². The monoisotopic (exact) mass is 282 g/mol. The summed E-state index contributed by atoms with van der Waals surface area (Å²) in [7, 11) is 0. The largest absolute Gasteiger partial charge is 0.480 e. The smallest absolute Gasteiger partial charge is 0.328 e. The van der Waals surface area contributed by atoms with Gasteiger partial charge in [0.25, 0.3) is 5.91 Å². The SMILES string of the molecule is CC(C)(C)c1nc(C(=O)N2CCOCC2C(=O)O)n[nH]1. The Kier molecular flexibility index (Phi) is 3.76. The van der Waals surface area contributed by atoms with Crippen LogP contribution in [0.15, 0.2) is 0 Å². The number of nitrogens with one attached hydrogen (secondary N) is 1. The highest BCUT2D eigenvalue weighted by Crippen LogP contribution is 2.18. The third-order valence-corrected chi connectivity index (χ3v) is 3.06. The first-order valence-corrected chi connectivity index (χ1v) is 6.35. The molecule has 0 radical (unpaired) electrons. The van der Waals surface area contributed by atoms with Crippen molar-refractivity contribution in [1.82, 2.24) is 20.1 Å². The Balaban J connectivity index is 2.21. The number of ether oxygens (including phenoxy) is 1. The minimum atomic E-state index is -1.09. The van der Waals surface area contributed by atoms with Crippen LogP contribution in [-0.2, 0) is 14.9 Å². The lowest BCUT2D eigenvalue weighted by Gasteiger charge is -2.31. The fourth-order valence-electron chi connectivity index (χ4n) is 1.87. The second kappa shape index (κ2) is 5.20. The van der Waals surface area contributed by atoms with Crippen molar-refractivity contribution in [2.24, 2.45) is 0 Å². The Bertz CT molecular complexity index is 520. The number of carboxylic acids is 1. The molecular weight excluding hydrogens is 264 g/mol. The standard InChI is InChI=1S/C12H18N4O4/c1-12(2,3)11-13-8(14-15-11)9(17)16-4-5-20-6-7(16)10(18)19/h7H,4-6H2,1-3H3,(H,18,19)(H,13,14,15). The van der Waals surface area contributed by atoms with Crippen molar-refractivity contribution in [3.63, 3.8) is 0 Å². The molecule has 1 aliphatic heterocycles. The van der Waals surface area contributed by atoms with E-state index in [0.29, 0.717) is 12.4 Å². The molecule has 2 rings (SSSR count). The average Bonchev–Trinajstić information content (AvgIpc) is 2.87. The van der Waals surface area contributed by atoms with E-state index < -0.39 is 17.9 Å². The molecule has 20 heavy (non-hydrogen) atoms. The molecule has 1 fully saturated rings. The molecule has 0 aromatic carbocycles. The normalized spacial score (nSPS) is 19.9. The number of aromatic amines is 1. The molecule has 1 amide bonds. The summed E-state index contributed by atoms with van der Waals surface area (Å²) in [5.41, 5.74) is -0.261. The van der Waals surface area contributed by atoms with Crippen LogP contribution in [0.3, 0.4) is 0 Å². The number of hydrogen-bond acceptors (Lipinski definition) is 5. The third kappa shape index (κ3) is 2.79. The molecule has 0 aliphatic carbocycles. The van der Waals surface area contributed by atoms with Crippen molar-refractivity contribution >= 4 is 11.9 Å². The number of amides is 1. The zero-order chi connectivity index (χ0) is 14.9. The fraction of sp³-hybridized carbons (Fsp3) is 0.667.